The molecule has 1 aromatic rings. The van der Waals surface area contributed by atoms with Gasteiger partial charge in [0.2, 0.25) is 0 Å². The zero-order valence-corrected chi connectivity index (χ0v) is 15.1. The maximum Gasteiger partial charge on any atom is 0.323 e. The molecule has 1 rings (SSSR count). The van der Waals surface area contributed by atoms with Gasteiger partial charge in [-0.25, -0.2) is 0 Å². The molecule has 0 fully saturated rings. The molecular weight excluding hydrogens is 511 g/mol. The zero-order chi connectivity index (χ0) is 15.5. The Labute approximate surface area is 120 Å². The maximum atomic E-state index is 10.9. The molecule has 0 bridgehead atoms. The third-order valence-corrected chi connectivity index (χ3v) is 2.66. The van der Waals surface area contributed by atoms with Crippen LogP contribution in [0, 0.1) is 6.92 Å². The summed E-state index contributed by atoms with van der Waals surface area (Å²) in [6, 6.07) is 4.79. The van der Waals surface area contributed by atoms with Crippen LogP contribution < -0.4 is 5.32 Å². The van der Waals surface area contributed by atoms with E-state index in [-0.39, 0.29) is 6.42 Å². The van der Waals surface area contributed by atoms with E-state index < -0.39 is 12.0 Å². The number of carbonyl (C=O) groups is 1. The topological polar surface area (TPSA) is 66.4 Å². The monoisotopic (exact) mass is 533 g/mol. The van der Waals surface area contributed by atoms with Crippen LogP contribution in [-0.2, 0) is 16.0 Å². The van der Waals surface area contributed by atoms with Crippen LogP contribution in [0.2, 0.25) is 0 Å². The predicted molar refractivity (Wildman–Crippen MR) is 81.2 cm³/mol. The summed E-state index contributed by atoms with van der Waals surface area (Å²) in [6.45, 7) is 7.92. The third kappa shape index (κ3) is 6.57. The molecule has 1 unspecified atom stereocenters. The van der Waals surface area contributed by atoms with Gasteiger partial charge in [0.25, 0.3) is 0 Å². The number of carbonyl (C=O) groups excluding carboxylic acids is 1. The van der Waals surface area contributed by atoms with Crippen molar-refractivity contribution in [1.82, 2.24) is 5.32 Å². The van der Waals surface area contributed by atoms with E-state index in [2.05, 4.69) is 5.32 Å². The van der Waals surface area contributed by atoms with Gasteiger partial charge >= 0.3 is 5.97 Å². The summed E-state index contributed by atoms with van der Waals surface area (Å²) in [6.07, 6.45) is 5.57. The first-order valence-electron chi connectivity index (χ1n) is 6.66. The Morgan fingerprint density at radius 2 is 2.05 bits per heavy atom. The fourth-order valence-corrected chi connectivity index (χ4v) is 1.68. The Morgan fingerprint density at radius 3 is 2.52 bits per heavy atom. The third-order valence-electron chi connectivity index (χ3n) is 2.66. The smallest absolute Gasteiger partial charge is 0.323 e. The van der Waals surface area contributed by atoms with Crippen molar-refractivity contribution in [1.29, 1.82) is 0 Å². The number of allylic oxidation sites excluding steroid dienone is 1. The Kier molecular flexibility index (Phi) is 10.4. The number of hydrogen-bond acceptors (Lipinski definition) is 2. The molecule has 0 saturated heterocycles. The SMILES string of the molecule is C/C=C\c1cc(CC(N[C-]=O)C(=O)O)ccc1C.CC.[Fm]. The van der Waals surface area contributed by atoms with Crippen LogP contribution in [0.4, 0.5) is 0 Å². The molecule has 0 aromatic heterocycles. The molecule has 0 aliphatic carbocycles. The van der Waals surface area contributed by atoms with E-state index >= 15 is 0 Å². The first-order chi connectivity index (χ1) is 9.58. The molecular formula is C16H22FmNO3-. The van der Waals surface area contributed by atoms with Gasteiger partial charge in [-0.3, -0.25) is 4.79 Å². The fourth-order valence-electron chi connectivity index (χ4n) is 1.68. The van der Waals surface area contributed by atoms with Gasteiger partial charge in [-0.1, -0.05) is 44.2 Å². The number of carboxylic acids is 1. The second-order valence-corrected chi connectivity index (χ2v) is 4.03. The molecule has 0 radical (unpaired) electrons. The van der Waals surface area contributed by atoms with Gasteiger partial charge in [0.05, 0.1) is 0 Å². The molecule has 0 aliphatic heterocycles. The number of rotatable bonds is 6. The summed E-state index contributed by atoms with van der Waals surface area (Å²) in [5, 5.41) is 11.1. The van der Waals surface area contributed by atoms with Crippen molar-refractivity contribution in [2.75, 3.05) is 0 Å². The quantitative estimate of drug-likeness (QED) is 0.437. The average Bonchev–Trinajstić information content (AvgIpc) is 2.44. The van der Waals surface area contributed by atoms with E-state index in [9.17, 15) is 9.59 Å². The second kappa shape index (κ2) is 10.8. The summed E-state index contributed by atoms with van der Waals surface area (Å²) in [5.41, 5.74) is 3.04. The molecule has 122 valence electrons. The number of aliphatic carboxylic acids is 1. The van der Waals surface area contributed by atoms with Gasteiger partial charge in [-0.2, -0.15) is 6.41 Å². The molecule has 0 saturated carbocycles. The fraction of sp³-hybridized carbons (Fsp3) is 0.375. The minimum absolute atomic E-state index is 0. The van der Waals surface area contributed by atoms with Gasteiger partial charge in [0.1, 0.15) is 6.04 Å². The molecule has 0 aliphatic rings. The van der Waals surface area contributed by atoms with Crippen molar-refractivity contribution in [3.8, 4) is 0 Å². The van der Waals surface area contributed by atoms with Crippen LogP contribution in [0.25, 0.3) is 6.08 Å². The predicted octanol–water partition coefficient (Wildman–Crippen LogP) is 2.71. The van der Waals surface area contributed by atoms with E-state index in [1.165, 1.54) is 6.41 Å². The molecule has 21 heavy (non-hydrogen) atoms. The molecule has 2 N–H and O–H groups in total. The number of hydrogen-bond donors (Lipinski definition) is 2. The minimum Gasteiger partial charge on any atom is -0.520 e. The molecule has 1 amide bonds. The molecule has 1 atom stereocenters. The first-order valence-corrected chi connectivity index (χ1v) is 6.66. The Balaban J connectivity index is 0. The number of benzene rings is 1. The van der Waals surface area contributed by atoms with Crippen LogP contribution in [0.15, 0.2) is 24.3 Å². The van der Waals surface area contributed by atoms with Crippen molar-refractivity contribution >= 4 is 18.5 Å². The van der Waals surface area contributed by atoms with E-state index in [4.69, 9.17) is 5.11 Å². The van der Waals surface area contributed by atoms with E-state index in [1.807, 2.05) is 58.0 Å². The maximum absolute atomic E-state index is 10.9. The van der Waals surface area contributed by atoms with Crippen LogP contribution in [0.1, 0.15) is 37.5 Å². The summed E-state index contributed by atoms with van der Waals surface area (Å²) in [4.78, 5) is 21.1. The largest absolute Gasteiger partial charge is 0.520 e. The molecule has 0 spiro atoms. The van der Waals surface area contributed by atoms with Crippen molar-refractivity contribution < 1.29 is 14.7 Å². The summed E-state index contributed by atoms with van der Waals surface area (Å²) < 4.78 is 0. The van der Waals surface area contributed by atoms with E-state index in [0.29, 0.717) is 0 Å². The minimum atomic E-state index is -1.06. The molecule has 4 nitrogen and oxygen atoms in total. The van der Waals surface area contributed by atoms with Gasteiger partial charge in [0, 0.05) is 6.42 Å². The van der Waals surface area contributed by atoms with Crippen molar-refractivity contribution in [2.24, 2.45) is 0 Å². The summed E-state index contributed by atoms with van der Waals surface area (Å²) in [5.74, 6) is -1.06. The standard InChI is InChI=1S/C14H16NO3.C2H6.Fm/c1-3-4-12-7-11(6-5-10(12)2)8-13(14(17)18)15-9-16;1-2;/h3-7,13H,8H2,1-2H3,(H,15,16)(H,17,18);1-2H3;/q-1;;/b4-3-;;. The molecule has 0 heterocycles. The number of amides is 1. The van der Waals surface area contributed by atoms with Gasteiger partial charge in [-0.05, 0) is 30.5 Å². The van der Waals surface area contributed by atoms with Crippen molar-refractivity contribution in [2.45, 2.75) is 40.2 Å². The van der Waals surface area contributed by atoms with Gasteiger partial charge < -0.3 is 15.2 Å². The Hall–Kier alpha value is -3.10. The van der Waals surface area contributed by atoms with Crippen molar-refractivity contribution in [3.05, 3.63) is 41.0 Å². The number of carboxylic acid groups (broad SMARTS) is 1. The van der Waals surface area contributed by atoms with Crippen LogP contribution >= 0.6 is 0 Å². The summed E-state index contributed by atoms with van der Waals surface area (Å²) >= 11 is 0. The van der Waals surface area contributed by atoms with E-state index in [0.717, 1.165) is 16.7 Å². The number of nitrogens with one attached hydrogen (secondary N) is 1. The Morgan fingerprint density at radius 1 is 1.43 bits per heavy atom. The van der Waals surface area contributed by atoms with E-state index in [1.54, 1.807) is 0 Å². The molecule has 1 aromatic carbocycles. The van der Waals surface area contributed by atoms with Crippen LogP contribution in [-0.4, -0.2) is 23.5 Å². The number of aryl methyl sites for hydroxylation is 1. The zero-order valence-electron chi connectivity index (χ0n) is 12.7. The van der Waals surface area contributed by atoms with Crippen LogP contribution in [0.3, 0.4) is 0 Å². The normalized spacial score (nSPS) is 10.9. The Bertz CT molecular complexity index is 473. The van der Waals surface area contributed by atoms with Gasteiger partial charge in [0.15, 0.2) is 0 Å². The average molecular weight is 533 g/mol. The first kappa shape index (κ1) is 20.2. The van der Waals surface area contributed by atoms with Crippen molar-refractivity contribution in [3.63, 3.8) is 0 Å². The van der Waals surface area contributed by atoms with Gasteiger partial charge in [-0.15, -0.1) is 0 Å². The molecule has 5 heteroatoms. The second-order valence-electron chi connectivity index (χ2n) is 4.03. The van der Waals surface area contributed by atoms with Crippen LogP contribution in [0.5, 0.6) is 0 Å². The summed E-state index contributed by atoms with van der Waals surface area (Å²) in [7, 11) is 0.